The molecule has 1 aromatic rings. The van der Waals surface area contributed by atoms with Gasteiger partial charge in [0, 0.05) is 5.69 Å². The van der Waals surface area contributed by atoms with E-state index in [0.29, 0.717) is 6.54 Å². The minimum Gasteiger partial charge on any atom is -0.330 e. The summed E-state index contributed by atoms with van der Waals surface area (Å²) < 4.78 is 0. The Labute approximate surface area is 148 Å². The number of likely N-dealkylation sites (N-methyl/N-ethyl adjacent to an activating group) is 1. The second-order valence-corrected chi connectivity index (χ2v) is 6.13. The summed E-state index contributed by atoms with van der Waals surface area (Å²) >= 11 is 0. The molecule has 4 nitrogen and oxygen atoms in total. The number of anilines is 1. The largest absolute Gasteiger partial charge is 0.330 e. The van der Waals surface area contributed by atoms with Gasteiger partial charge in [0.25, 0.3) is 0 Å². The third-order valence-corrected chi connectivity index (χ3v) is 4.06. The molecule has 0 fully saturated rings. The first-order chi connectivity index (χ1) is 11.5. The lowest BCUT2D eigenvalue weighted by Gasteiger charge is -2.18. The number of para-hydroxylation sites is 1. The van der Waals surface area contributed by atoms with Gasteiger partial charge in [-0.05, 0) is 51.0 Å². The Morgan fingerprint density at radius 2 is 1.62 bits per heavy atom. The third-order valence-electron chi connectivity index (χ3n) is 4.06. The molecule has 0 aliphatic rings. The highest BCUT2D eigenvalue weighted by Crippen LogP contribution is 2.19. The minimum atomic E-state index is 0.0612. The van der Waals surface area contributed by atoms with E-state index in [1.165, 1.54) is 25.7 Å². The Morgan fingerprint density at radius 1 is 1.04 bits per heavy atom. The number of carbonyl (C=O) groups excluding carboxylic acids is 1. The molecule has 0 aliphatic carbocycles. The molecule has 4 heteroatoms. The van der Waals surface area contributed by atoms with E-state index in [1.54, 1.807) is 0 Å². The van der Waals surface area contributed by atoms with Gasteiger partial charge in [0.2, 0.25) is 5.91 Å². The fourth-order valence-corrected chi connectivity index (χ4v) is 2.41. The molecule has 0 aliphatic heterocycles. The van der Waals surface area contributed by atoms with Crippen molar-refractivity contribution < 1.29 is 4.79 Å². The van der Waals surface area contributed by atoms with Crippen molar-refractivity contribution in [2.75, 3.05) is 31.5 Å². The molecule has 0 unspecified atom stereocenters. The van der Waals surface area contributed by atoms with Crippen molar-refractivity contribution >= 4 is 11.6 Å². The highest BCUT2D eigenvalue weighted by Gasteiger charge is 2.09. The normalized spacial score (nSPS) is 10.3. The first kappa shape index (κ1) is 22.6. The highest BCUT2D eigenvalue weighted by molar-refractivity contribution is 5.93. The van der Waals surface area contributed by atoms with Gasteiger partial charge in [-0.1, -0.05) is 58.2 Å². The molecule has 1 rings (SSSR count). The van der Waals surface area contributed by atoms with E-state index >= 15 is 0 Å². The topological polar surface area (TPSA) is 58.4 Å². The van der Waals surface area contributed by atoms with E-state index in [0.717, 1.165) is 36.4 Å². The summed E-state index contributed by atoms with van der Waals surface area (Å²) in [4.78, 5) is 14.0. The smallest absolute Gasteiger partial charge is 0.238 e. The zero-order valence-corrected chi connectivity index (χ0v) is 16.3. The summed E-state index contributed by atoms with van der Waals surface area (Å²) in [6.45, 7) is 13.5. The van der Waals surface area contributed by atoms with Crippen LogP contribution < -0.4 is 11.1 Å². The number of carbonyl (C=O) groups is 1. The van der Waals surface area contributed by atoms with Crippen molar-refractivity contribution in [3.05, 3.63) is 29.3 Å². The number of amides is 1. The number of hydrogen-bond acceptors (Lipinski definition) is 3. The van der Waals surface area contributed by atoms with Gasteiger partial charge in [0.15, 0.2) is 0 Å². The van der Waals surface area contributed by atoms with Gasteiger partial charge in [-0.15, -0.1) is 0 Å². The van der Waals surface area contributed by atoms with Crippen LogP contribution in [-0.4, -0.2) is 37.0 Å². The molecule has 0 spiro atoms. The Morgan fingerprint density at radius 3 is 2.08 bits per heavy atom. The zero-order chi connectivity index (χ0) is 18.4. The van der Waals surface area contributed by atoms with Crippen LogP contribution in [-0.2, 0) is 4.79 Å². The van der Waals surface area contributed by atoms with Gasteiger partial charge in [0.1, 0.15) is 0 Å². The molecule has 0 heterocycles. The van der Waals surface area contributed by atoms with Crippen LogP contribution >= 0.6 is 0 Å². The van der Waals surface area contributed by atoms with Gasteiger partial charge < -0.3 is 11.1 Å². The SMILES string of the molecule is CCCCCCN.CCN(CC)CC(=O)Nc1c(C)cccc1C. The van der Waals surface area contributed by atoms with Crippen LogP contribution in [0.25, 0.3) is 0 Å². The second-order valence-electron chi connectivity index (χ2n) is 6.13. The van der Waals surface area contributed by atoms with Crippen LogP contribution in [0.3, 0.4) is 0 Å². The lowest BCUT2D eigenvalue weighted by atomic mass is 10.1. The maximum Gasteiger partial charge on any atom is 0.238 e. The third kappa shape index (κ3) is 9.68. The van der Waals surface area contributed by atoms with Crippen LogP contribution in [0.15, 0.2) is 18.2 Å². The second kappa shape index (κ2) is 14.0. The number of nitrogens with zero attached hydrogens (tertiary/aromatic N) is 1. The fraction of sp³-hybridized carbons (Fsp3) is 0.650. The zero-order valence-electron chi connectivity index (χ0n) is 16.3. The number of unbranched alkanes of at least 4 members (excludes halogenated alkanes) is 3. The standard InChI is InChI=1S/C14H22N2O.C6H15N/c1-5-16(6-2)10-13(17)15-14-11(3)8-7-9-12(14)4;1-2-3-4-5-6-7/h7-9H,5-6,10H2,1-4H3,(H,15,17);2-7H2,1H3. The average Bonchev–Trinajstić information content (AvgIpc) is 2.57. The Balaban J connectivity index is 0.000000640. The molecule has 0 aromatic heterocycles. The predicted molar refractivity (Wildman–Crippen MR) is 106 cm³/mol. The minimum absolute atomic E-state index is 0.0612. The van der Waals surface area contributed by atoms with E-state index < -0.39 is 0 Å². The van der Waals surface area contributed by atoms with E-state index in [-0.39, 0.29) is 5.91 Å². The maximum absolute atomic E-state index is 11.9. The first-order valence-electron chi connectivity index (χ1n) is 9.28. The number of rotatable bonds is 9. The quantitative estimate of drug-likeness (QED) is 0.668. The van der Waals surface area contributed by atoms with Crippen molar-refractivity contribution in [3.63, 3.8) is 0 Å². The summed E-state index contributed by atoms with van der Waals surface area (Å²) in [5, 5.41) is 3.00. The molecule has 24 heavy (non-hydrogen) atoms. The van der Waals surface area contributed by atoms with Gasteiger partial charge in [-0.2, -0.15) is 0 Å². The van der Waals surface area contributed by atoms with Crippen LogP contribution in [0.1, 0.15) is 57.6 Å². The van der Waals surface area contributed by atoms with Crippen molar-refractivity contribution in [1.29, 1.82) is 0 Å². The molecule has 3 N–H and O–H groups in total. The van der Waals surface area contributed by atoms with Gasteiger partial charge in [-0.3, -0.25) is 9.69 Å². The van der Waals surface area contributed by atoms with Crippen molar-refractivity contribution in [2.24, 2.45) is 5.73 Å². The molecule has 138 valence electrons. The van der Waals surface area contributed by atoms with E-state index in [4.69, 9.17) is 5.73 Å². The monoisotopic (exact) mass is 335 g/mol. The molecular weight excluding hydrogens is 298 g/mol. The molecule has 0 bridgehead atoms. The Bertz CT molecular complexity index is 432. The molecular formula is C20H37N3O. The van der Waals surface area contributed by atoms with Crippen LogP contribution in [0, 0.1) is 13.8 Å². The summed E-state index contributed by atoms with van der Waals surface area (Å²) in [6, 6.07) is 6.03. The van der Waals surface area contributed by atoms with E-state index in [2.05, 4.69) is 31.0 Å². The summed E-state index contributed by atoms with van der Waals surface area (Å²) in [5.41, 5.74) is 8.44. The van der Waals surface area contributed by atoms with Gasteiger partial charge in [0.05, 0.1) is 6.54 Å². The molecule has 0 atom stereocenters. The molecule has 0 radical (unpaired) electrons. The highest BCUT2D eigenvalue weighted by atomic mass is 16.2. The predicted octanol–water partition coefficient (Wildman–Crippen LogP) is 4.11. The number of hydrogen-bond donors (Lipinski definition) is 2. The lowest BCUT2D eigenvalue weighted by molar-refractivity contribution is -0.117. The van der Waals surface area contributed by atoms with Crippen LogP contribution in [0.4, 0.5) is 5.69 Å². The summed E-state index contributed by atoms with van der Waals surface area (Å²) in [6.07, 6.45) is 5.16. The fourth-order valence-electron chi connectivity index (χ4n) is 2.41. The summed E-state index contributed by atoms with van der Waals surface area (Å²) in [5.74, 6) is 0.0612. The average molecular weight is 336 g/mol. The Kier molecular flexibility index (Phi) is 13.2. The number of nitrogens with two attached hydrogens (primary N) is 1. The van der Waals surface area contributed by atoms with Gasteiger partial charge in [-0.25, -0.2) is 0 Å². The molecule has 0 saturated heterocycles. The van der Waals surface area contributed by atoms with E-state index in [1.807, 2.05) is 32.0 Å². The van der Waals surface area contributed by atoms with Crippen molar-refractivity contribution in [2.45, 2.75) is 60.3 Å². The van der Waals surface area contributed by atoms with Crippen LogP contribution in [0.2, 0.25) is 0 Å². The molecule has 1 aromatic carbocycles. The molecule has 0 saturated carbocycles. The number of aryl methyl sites for hydroxylation is 2. The lowest BCUT2D eigenvalue weighted by Crippen LogP contribution is -2.33. The molecule has 1 amide bonds. The number of nitrogens with one attached hydrogen (secondary N) is 1. The number of benzene rings is 1. The summed E-state index contributed by atoms with van der Waals surface area (Å²) in [7, 11) is 0. The van der Waals surface area contributed by atoms with Crippen molar-refractivity contribution in [1.82, 2.24) is 4.90 Å². The Hall–Kier alpha value is -1.39. The van der Waals surface area contributed by atoms with Crippen LogP contribution in [0.5, 0.6) is 0 Å². The maximum atomic E-state index is 11.9. The van der Waals surface area contributed by atoms with Gasteiger partial charge >= 0.3 is 0 Å². The van der Waals surface area contributed by atoms with E-state index in [9.17, 15) is 4.79 Å². The first-order valence-corrected chi connectivity index (χ1v) is 9.28. The van der Waals surface area contributed by atoms with Crippen molar-refractivity contribution in [3.8, 4) is 0 Å².